The lowest BCUT2D eigenvalue weighted by Crippen LogP contribution is -2.13. The Labute approximate surface area is 187 Å². The van der Waals surface area contributed by atoms with Crippen molar-refractivity contribution in [1.29, 1.82) is 0 Å². The molecule has 0 amide bonds. The highest BCUT2D eigenvalue weighted by atomic mass is 16.6. The zero-order valence-corrected chi connectivity index (χ0v) is 19.5. The fourth-order valence-electron chi connectivity index (χ4n) is 3.54. The second-order valence-corrected chi connectivity index (χ2v) is 8.13. The van der Waals surface area contributed by atoms with Gasteiger partial charge in [-0.25, -0.2) is 9.55 Å². The van der Waals surface area contributed by atoms with Gasteiger partial charge in [0.2, 0.25) is 0 Å². The summed E-state index contributed by atoms with van der Waals surface area (Å²) in [6.07, 6.45) is 22.2. The first-order valence-electron chi connectivity index (χ1n) is 12.0. The Bertz CT molecular complexity index is 655. The van der Waals surface area contributed by atoms with Crippen LogP contribution in [0.2, 0.25) is 0 Å². The number of hydrogen-bond donors (Lipinski definition) is 0. The third-order valence-corrected chi connectivity index (χ3v) is 5.44. The summed E-state index contributed by atoms with van der Waals surface area (Å²) in [5, 5.41) is 10.9. The maximum Gasteiger partial charge on any atom is 0.342 e. The summed E-state index contributed by atoms with van der Waals surface area (Å²) in [7, 11) is 0. The van der Waals surface area contributed by atoms with E-state index in [-0.39, 0.29) is 24.9 Å². The fourth-order valence-corrected chi connectivity index (χ4v) is 3.54. The first kappa shape index (κ1) is 26.9. The van der Waals surface area contributed by atoms with E-state index in [4.69, 9.17) is 4.74 Å². The predicted octanol–water partition coefficient (Wildman–Crippen LogP) is 6.68. The zero-order valence-electron chi connectivity index (χ0n) is 19.5. The van der Waals surface area contributed by atoms with Gasteiger partial charge in [0.1, 0.15) is 19.3 Å². The van der Waals surface area contributed by atoms with E-state index in [0.29, 0.717) is 12.2 Å². The van der Waals surface area contributed by atoms with E-state index < -0.39 is 4.92 Å². The molecule has 0 atom stereocenters. The number of aryl methyl sites for hydroxylation is 1. The number of imidazole rings is 1. The second-order valence-electron chi connectivity index (χ2n) is 8.13. The van der Waals surface area contributed by atoms with Gasteiger partial charge in [0, 0.05) is 13.3 Å². The molecular weight excluding hydrogens is 394 g/mol. The van der Waals surface area contributed by atoms with Crippen molar-refractivity contribution in [1.82, 2.24) is 9.55 Å². The molecule has 0 N–H and O–H groups in total. The van der Waals surface area contributed by atoms with Gasteiger partial charge in [-0.15, -0.1) is 0 Å². The number of rotatable bonds is 19. The summed E-state index contributed by atoms with van der Waals surface area (Å²) in [4.78, 5) is 26.2. The van der Waals surface area contributed by atoms with Crippen LogP contribution in [0.4, 0.5) is 5.82 Å². The molecule has 7 heteroatoms. The summed E-state index contributed by atoms with van der Waals surface area (Å²) in [6, 6.07) is 0. The average molecular weight is 436 g/mol. The molecule has 176 valence electrons. The molecule has 31 heavy (non-hydrogen) atoms. The third-order valence-electron chi connectivity index (χ3n) is 5.44. The number of nitrogens with zero attached hydrogens (tertiary/aromatic N) is 3. The number of esters is 1. The van der Waals surface area contributed by atoms with Crippen LogP contribution in [0.3, 0.4) is 0 Å². The van der Waals surface area contributed by atoms with E-state index in [1.807, 2.05) is 0 Å². The molecule has 0 aliphatic heterocycles. The molecule has 0 unspecified atom stereocenters. The van der Waals surface area contributed by atoms with Gasteiger partial charge in [-0.1, -0.05) is 70.4 Å². The number of ether oxygens (including phenoxy) is 1. The Kier molecular flexibility index (Phi) is 15.2. The molecule has 1 rings (SSSR count). The van der Waals surface area contributed by atoms with Gasteiger partial charge < -0.3 is 14.9 Å². The van der Waals surface area contributed by atoms with Crippen LogP contribution in [0.1, 0.15) is 103 Å². The monoisotopic (exact) mass is 435 g/mol. The van der Waals surface area contributed by atoms with E-state index in [0.717, 1.165) is 25.7 Å². The molecular formula is C24H41N3O4. The van der Waals surface area contributed by atoms with Crippen LogP contribution in [0.25, 0.3) is 0 Å². The smallest absolute Gasteiger partial charge is 0.342 e. The van der Waals surface area contributed by atoms with Crippen LogP contribution in [0.15, 0.2) is 18.3 Å². The third kappa shape index (κ3) is 13.0. The van der Waals surface area contributed by atoms with Crippen LogP contribution in [-0.4, -0.2) is 27.1 Å². The predicted molar refractivity (Wildman–Crippen MR) is 124 cm³/mol. The Morgan fingerprint density at radius 2 is 1.61 bits per heavy atom. The van der Waals surface area contributed by atoms with Crippen molar-refractivity contribution in [2.45, 2.75) is 110 Å². The summed E-state index contributed by atoms with van der Waals surface area (Å²) < 4.78 is 6.66. The van der Waals surface area contributed by atoms with Crippen LogP contribution in [-0.2, 0) is 16.1 Å². The van der Waals surface area contributed by atoms with Crippen molar-refractivity contribution in [2.24, 2.45) is 0 Å². The lowest BCUT2D eigenvalue weighted by atomic mass is 10.1. The molecule has 0 aliphatic carbocycles. The van der Waals surface area contributed by atoms with Gasteiger partial charge in [-0.3, -0.25) is 4.79 Å². The average Bonchev–Trinajstić information content (AvgIpc) is 3.11. The maximum absolute atomic E-state index is 11.8. The zero-order chi connectivity index (χ0) is 22.7. The van der Waals surface area contributed by atoms with Gasteiger partial charge in [0.15, 0.2) is 5.82 Å². The van der Waals surface area contributed by atoms with Crippen LogP contribution < -0.4 is 0 Å². The Balaban J connectivity index is 1.93. The molecule has 0 fully saturated rings. The molecule has 0 spiro atoms. The van der Waals surface area contributed by atoms with Crippen LogP contribution in [0, 0.1) is 17.0 Å². The highest BCUT2D eigenvalue weighted by Crippen LogP contribution is 2.14. The molecule has 0 radical (unpaired) electrons. The number of carbonyl (C=O) groups excluding carboxylic acids is 1. The van der Waals surface area contributed by atoms with Crippen molar-refractivity contribution in [3.05, 3.63) is 34.3 Å². The van der Waals surface area contributed by atoms with Gasteiger partial charge >= 0.3 is 11.8 Å². The standard InChI is InChI=1S/C24H41N3O4/c1-3-4-5-6-7-8-9-10-11-12-13-14-15-16-17-18-24(28)31-20-19-26-22(2)25-21-23(26)27(29)30/h10-11,21H,3-9,12-20H2,1-2H3/b11-10+. The molecule has 0 aliphatic rings. The van der Waals surface area contributed by atoms with E-state index in [1.165, 1.54) is 68.6 Å². The quantitative estimate of drug-likeness (QED) is 0.0795. The van der Waals surface area contributed by atoms with Crippen molar-refractivity contribution in [2.75, 3.05) is 6.61 Å². The highest BCUT2D eigenvalue weighted by Gasteiger charge is 2.17. The van der Waals surface area contributed by atoms with Gasteiger partial charge in [0.05, 0.1) is 0 Å². The van der Waals surface area contributed by atoms with Crippen molar-refractivity contribution < 1.29 is 14.5 Å². The van der Waals surface area contributed by atoms with Gasteiger partial charge in [0.25, 0.3) is 0 Å². The molecule has 7 nitrogen and oxygen atoms in total. The molecule has 0 bridgehead atoms. The Hall–Kier alpha value is -2.18. The fraction of sp³-hybridized carbons (Fsp3) is 0.750. The summed E-state index contributed by atoms with van der Waals surface area (Å²) in [6.45, 7) is 4.32. The van der Waals surface area contributed by atoms with E-state index >= 15 is 0 Å². The van der Waals surface area contributed by atoms with Gasteiger partial charge in [-0.2, -0.15) is 0 Å². The van der Waals surface area contributed by atoms with Crippen molar-refractivity contribution in [3.8, 4) is 0 Å². The van der Waals surface area contributed by atoms with Crippen molar-refractivity contribution >= 4 is 11.8 Å². The number of unbranched alkanes of at least 4 members (excludes halogenated alkanes) is 11. The minimum atomic E-state index is -0.479. The molecule has 1 aromatic rings. The molecule has 0 saturated carbocycles. The van der Waals surface area contributed by atoms with E-state index in [2.05, 4.69) is 24.1 Å². The maximum atomic E-state index is 11.8. The van der Waals surface area contributed by atoms with E-state index in [1.54, 1.807) is 6.92 Å². The lowest BCUT2D eigenvalue weighted by Gasteiger charge is -2.05. The van der Waals surface area contributed by atoms with E-state index in [9.17, 15) is 14.9 Å². The minimum absolute atomic E-state index is 0.0780. The minimum Gasteiger partial charge on any atom is -0.461 e. The highest BCUT2D eigenvalue weighted by molar-refractivity contribution is 5.69. The number of hydrogen-bond acceptors (Lipinski definition) is 5. The molecule has 1 aromatic heterocycles. The SMILES string of the molecule is CCCCCCCC/C=C/CCCCCCCC(=O)OCCn1c([N+](=O)[O-])cnc1C. The number of carbonyl (C=O) groups is 1. The molecule has 0 aromatic carbocycles. The number of nitro groups is 1. The molecule has 0 saturated heterocycles. The Morgan fingerprint density at radius 1 is 1.03 bits per heavy atom. The van der Waals surface area contributed by atoms with Gasteiger partial charge in [-0.05, 0) is 37.0 Å². The summed E-state index contributed by atoms with van der Waals surface area (Å²) in [5.74, 6) is 0.226. The number of aromatic nitrogens is 2. The van der Waals surface area contributed by atoms with Crippen LogP contribution in [0.5, 0.6) is 0 Å². The number of allylic oxidation sites excluding steroid dienone is 2. The Morgan fingerprint density at radius 3 is 2.23 bits per heavy atom. The first-order chi connectivity index (χ1) is 15.1. The topological polar surface area (TPSA) is 87.3 Å². The largest absolute Gasteiger partial charge is 0.461 e. The summed E-state index contributed by atoms with van der Waals surface area (Å²) >= 11 is 0. The molecule has 1 heterocycles. The van der Waals surface area contributed by atoms with Crippen molar-refractivity contribution in [3.63, 3.8) is 0 Å². The lowest BCUT2D eigenvalue weighted by molar-refractivity contribution is -0.392. The van der Waals surface area contributed by atoms with Crippen LogP contribution >= 0.6 is 0 Å². The second kappa shape index (κ2) is 17.5. The normalized spacial score (nSPS) is 11.3. The summed E-state index contributed by atoms with van der Waals surface area (Å²) in [5.41, 5.74) is 0. The first-order valence-corrected chi connectivity index (χ1v) is 12.0.